The Morgan fingerprint density at radius 1 is 0.517 bits per heavy atom. The fourth-order valence-corrected chi connectivity index (χ4v) is 7.74. The van der Waals surface area contributed by atoms with Crippen molar-refractivity contribution < 1.29 is 10.2 Å². The quantitative estimate of drug-likeness (QED) is 0.100. The summed E-state index contributed by atoms with van der Waals surface area (Å²) in [6, 6.07) is 0. The normalized spacial score (nSPS) is 12.0. The summed E-state index contributed by atoms with van der Waals surface area (Å²) in [6.07, 6.45) is 25.3. The van der Waals surface area contributed by atoms with Crippen LogP contribution in [0.5, 0.6) is 0 Å². The Morgan fingerprint density at radius 2 is 0.897 bits per heavy atom. The number of hydrogen-bond donors (Lipinski definition) is 2. The molecule has 0 unspecified atom stereocenters. The van der Waals surface area contributed by atoms with Crippen LogP contribution in [-0.2, 0) is 0 Å². The molecule has 2 N–H and O–H groups in total. The van der Waals surface area contributed by atoms with E-state index in [0.717, 1.165) is 25.7 Å². The summed E-state index contributed by atoms with van der Waals surface area (Å²) in [5.41, 5.74) is -0.363. The van der Waals surface area contributed by atoms with Crippen molar-refractivity contribution in [3.63, 3.8) is 0 Å². The van der Waals surface area contributed by atoms with E-state index in [2.05, 4.69) is 13.8 Å². The number of aliphatic hydroxyl groups excluding tert-OH is 1. The molecule has 0 bridgehead atoms. The molecule has 0 aliphatic rings. The van der Waals surface area contributed by atoms with Gasteiger partial charge in [-0.2, -0.15) is 0 Å². The van der Waals surface area contributed by atoms with E-state index < -0.39 is 0 Å². The first-order valence-electron chi connectivity index (χ1n) is 13.2. The van der Waals surface area contributed by atoms with Gasteiger partial charge >= 0.3 is 181 Å². The second-order valence-electron chi connectivity index (χ2n) is 9.25. The molecule has 0 saturated heterocycles. The molecule has 0 aliphatic carbocycles. The molecule has 0 rings (SSSR count). The van der Waals surface area contributed by atoms with E-state index in [1.807, 2.05) is 0 Å². The van der Waals surface area contributed by atoms with Crippen LogP contribution in [0.1, 0.15) is 142 Å². The van der Waals surface area contributed by atoms with Gasteiger partial charge in [-0.3, -0.25) is 0 Å². The zero-order valence-electron chi connectivity index (χ0n) is 20.2. The molecule has 0 saturated carbocycles. The van der Waals surface area contributed by atoms with Gasteiger partial charge in [0.15, 0.2) is 0 Å². The Kier molecular flexibility index (Phi) is 24.0. The third kappa shape index (κ3) is 21.7. The maximum atomic E-state index is 10.9. The number of rotatable bonds is 24. The first-order valence-corrected chi connectivity index (χ1v) is 17.3. The summed E-state index contributed by atoms with van der Waals surface area (Å²) in [6.45, 7) is 4.83. The minimum atomic E-state index is -0.363. The third-order valence-electron chi connectivity index (χ3n) is 6.25. The van der Waals surface area contributed by atoms with Gasteiger partial charge in [0.2, 0.25) is 0 Å². The minimum absolute atomic E-state index is 0.0516. The van der Waals surface area contributed by atoms with Crippen LogP contribution in [0.2, 0.25) is 8.87 Å². The van der Waals surface area contributed by atoms with Gasteiger partial charge in [-0.05, 0) is 0 Å². The predicted octanol–water partition coefficient (Wildman–Crippen LogP) is 8.09. The van der Waals surface area contributed by atoms with Gasteiger partial charge in [0.1, 0.15) is 0 Å². The Balaban J connectivity index is 3.37. The first-order chi connectivity index (χ1) is 14.2. The van der Waals surface area contributed by atoms with Crippen LogP contribution in [0.25, 0.3) is 0 Å². The van der Waals surface area contributed by atoms with E-state index >= 15 is 0 Å². The van der Waals surface area contributed by atoms with Crippen molar-refractivity contribution in [2.45, 2.75) is 157 Å². The number of unbranched alkanes of at least 4 members (excludes halogenated alkanes) is 13. The Morgan fingerprint density at radius 3 is 1.34 bits per heavy atom. The summed E-state index contributed by atoms with van der Waals surface area (Å²) in [5, 5.41) is 19.7. The molecule has 29 heavy (non-hydrogen) atoms. The molecule has 0 atom stereocenters. The van der Waals surface area contributed by atoms with Crippen LogP contribution >= 0.6 is 0 Å². The molecule has 0 aromatic rings. The summed E-state index contributed by atoms with van der Waals surface area (Å²) >= 11 is -0.0516. The van der Waals surface area contributed by atoms with Gasteiger partial charge in [-0.25, -0.2) is 0 Å². The molecule has 0 amide bonds. The molecule has 0 fully saturated rings. The average Bonchev–Trinajstić information content (AvgIpc) is 2.73. The summed E-state index contributed by atoms with van der Waals surface area (Å²) in [7, 11) is 0. The van der Waals surface area contributed by atoms with Crippen LogP contribution in [-0.4, -0.2) is 43.6 Å². The zero-order chi connectivity index (χ0) is 21.5. The van der Waals surface area contributed by atoms with Crippen molar-refractivity contribution in [1.29, 1.82) is 0 Å². The topological polar surface area (TPSA) is 40.5 Å². The van der Waals surface area contributed by atoms with Gasteiger partial charge < -0.3 is 0 Å². The van der Waals surface area contributed by atoms with Crippen molar-refractivity contribution in [3.05, 3.63) is 0 Å². The first kappa shape index (κ1) is 29.7. The zero-order valence-corrected chi connectivity index (χ0v) is 23.0. The Bertz CT molecular complexity index is 301. The second kappa shape index (κ2) is 23.4. The van der Waals surface area contributed by atoms with Gasteiger partial charge in [-0.15, -0.1) is 0 Å². The monoisotopic (exact) mass is 518 g/mol. The van der Waals surface area contributed by atoms with Crippen LogP contribution < -0.4 is 0 Å². The van der Waals surface area contributed by atoms with Crippen molar-refractivity contribution in [1.82, 2.24) is 0 Å². The van der Waals surface area contributed by atoms with Crippen LogP contribution in [0.3, 0.4) is 0 Å². The molecule has 2 radical (unpaired) electrons. The molecule has 0 aromatic heterocycles. The van der Waals surface area contributed by atoms with Gasteiger partial charge in [-0.1, -0.05) is 13.8 Å². The molecule has 174 valence electrons. The van der Waals surface area contributed by atoms with Gasteiger partial charge in [0, 0.05) is 0 Å². The standard InChI is InChI=1S/C17H35O.C9H19O.Sn/c1-4-7-10-11-12-13-16-17(18,14-8-5-2)15-9-6-3;1-2-3-4-5-6-7-8-9-10;/h18H,1,4-16H2,2-3H3;10H,1-9H2;. The number of aliphatic hydroxyl groups is 2. The van der Waals surface area contributed by atoms with E-state index in [4.69, 9.17) is 5.11 Å². The van der Waals surface area contributed by atoms with E-state index in [-0.39, 0.29) is 26.7 Å². The molecule has 0 aliphatic heterocycles. The predicted molar refractivity (Wildman–Crippen MR) is 131 cm³/mol. The van der Waals surface area contributed by atoms with Crippen molar-refractivity contribution in [2.75, 3.05) is 6.61 Å². The number of hydrogen-bond acceptors (Lipinski definition) is 2. The Hall–Kier alpha value is 0.719. The molecular formula is C26H54O2Sn. The maximum absolute atomic E-state index is 10.9. The Labute approximate surface area is 194 Å². The fourth-order valence-electron chi connectivity index (χ4n) is 4.17. The van der Waals surface area contributed by atoms with E-state index in [1.54, 1.807) is 8.87 Å². The van der Waals surface area contributed by atoms with E-state index in [9.17, 15) is 5.11 Å². The SMILES string of the molecule is CCCCC(O)(CCCC)CCCCCCC[CH2][Sn][CH2]CCCCCCCCO. The summed E-state index contributed by atoms with van der Waals surface area (Å²) in [4.78, 5) is 0. The van der Waals surface area contributed by atoms with E-state index in [0.29, 0.717) is 6.61 Å². The van der Waals surface area contributed by atoms with Crippen LogP contribution in [0, 0.1) is 0 Å². The summed E-state index contributed by atoms with van der Waals surface area (Å²) < 4.78 is 3.18. The molecule has 0 spiro atoms. The van der Waals surface area contributed by atoms with E-state index in [1.165, 1.54) is 103 Å². The average molecular weight is 517 g/mol. The van der Waals surface area contributed by atoms with Crippen LogP contribution in [0.4, 0.5) is 0 Å². The molecule has 0 heterocycles. The molecular weight excluding hydrogens is 463 g/mol. The van der Waals surface area contributed by atoms with Crippen LogP contribution in [0.15, 0.2) is 0 Å². The molecule has 2 nitrogen and oxygen atoms in total. The molecule has 3 heteroatoms. The molecule has 0 aromatic carbocycles. The fraction of sp³-hybridized carbons (Fsp3) is 1.00. The van der Waals surface area contributed by atoms with Crippen molar-refractivity contribution in [2.24, 2.45) is 0 Å². The van der Waals surface area contributed by atoms with Crippen molar-refractivity contribution >= 4 is 21.1 Å². The van der Waals surface area contributed by atoms with Gasteiger partial charge in [0.25, 0.3) is 0 Å². The summed E-state index contributed by atoms with van der Waals surface area (Å²) in [5.74, 6) is 0. The third-order valence-corrected chi connectivity index (χ3v) is 10.3. The second-order valence-corrected chi connectivity index (χ2v) is 13.5. The van der Waals surface area contributed by atoms with Crippen molar-refractivity contribution in [3.8, 4) is 0 Å². The van der Waals surface area contributed by atoms with Gasteiger partial charge in [0.05, 0.1) is 0 Å².